The summed E-state index contributed by atoms with van der Waals surface area (Å²) in [7, 11) is 3.47. The average molecular weight is 372 g/mol. The molecule has 8 nitrogen and oxygen atoms in total. The molecule has 1 amide bonds. The number of morpholine rings is 1. The van der Waals surface area contributed by atoms with E-state index in [0.29, 0.717) is 13.1 Å². The first-order valence-electron chi connectivity index (χ1n) is 9.26. The molecule has 0 aliphatic carbocycles. The molecule has 0 aromatic heterocycles. The van der Waals surface area contributed by atoms with Crippen LogP contribution >= 0.6 is 0 Å². The van der Waals surface area contributed by atoms with Crippen LogP contribution in [0.4, 0.5) is 4.79 Å². The minimum Gasteiger partial charge on any atom is -0.444 e. The SMILES string of the molecule is CN=C(NCCN(C)C(=O)OC(C)(C)C)NCC(C)(C)N1CCOCC1. The molecule has 1 aliphatic heterocycles. The first-order valence-corrected chi connectivity index (χ1v) is 9.26. The number of likely N-dealkylation sites (N-methyl/N-ethyl adjacent to an activating group) is 1. The molecule has 1 aliphatic rings. The van der Waals surface area contributed by atoms with Crippen LogP contribution in [-0.2, 0) is 9.47 Å². The van der Waals surface area contributed by atoms with E-state index in [1.165, 1.54) is 0 Å². The van der Waals surface area contributed by atoms with Gasteiger partial charge in [0.1, 0.15) is 5.60 Å². The summed E-state index contributed by atoms with van der Waals surface area (Å²) >= 11 is 0. The standard InChI is InChI=1S/C18H37N5O3/c1-17(2,3)26-16(24)22(7)9-8-20-15(19-6)21-14-18(4,5)23-10-12-25-13-11-23/h8-14H2,1-7H3,(H2,19,20,21). The van der Waals surface area contributed by atoms with Crippen LogP contribution in [0, 0.1) is 0 Å². The topological polar surface area (TPSA) is 78.4 Å². The predicted octanol–water partition coefficient (Wildman–Crippen LogP) is 1.13. The molecule has 0 unspecified atom stereocenters. The van der Waals surface area contributed by atoms with Crippen LogP contribution in [-0.4, -0.2) is 93.0 Å². The van der Waals surface area contributed by atoms with Crippen molar-refractivity contribution in [1.82, 2.24) is 20.4 Å². The number of carbonyl (C=O) groups excluding carboxylic acids is 1. The Labute approximate surface area is 158 Å². The number of nitrogens with one attached hydrogen (secondary N) is 2. The van der Waals surface area contributed by atoms with Gasteiger partial charge in [-0.3, -0.25) is 9.89 Å². The number of ether oxygens (including phenoxy) is 2. The normalized spacial score (nSPS) is 17.0. The van der Waals surface area contributed by atoms with E-state index in [1.54, 1.807) is 19.0 Å². The summed E-state index contributed by atoms with van der Waals surface area (Å²) in [5.41, 5.74) is -0.476. The summed E-state index contributed by atoms with van der Waals surface area (Å²) < 4.78 is 10.8. The Kier molecular flexibility index (Phi) is 8.62. The summed E-state index contributed by atoms with van der Waals surface area (Å²) in [6.07, 6.45) is -0.323. The van der Waals surface area contributed by atoms with E-state index in [9.17, 15) is 4.79 Å². The van der Waals surface area contributed by atoms with Gasteiger partial charge >= 0.3 is 6.09 Å². The van der Waals surface area contributed by atoms with E-state index in [-0.39, 0.29) is 11.6 Å². The molecule has 152 valence electrons. The molecule has 0 aromatic rings. The first-order chi connectivity index (χ1) is 12.0. The number of hydrogen-bond acceptors (Lipinski definition) is 5. The van der Waals surface area contributed by atoms with Gasteiger partial charge in [0.15, 0.2) is 5.96 Å². The van der Waals surface area contributed by atoms with E-state index in [4.69, 9.17) is 9.47 Å². The van der Waals surface area contributed by atoms with Crippen LogP contribution < -0.4 is 10.6 Å². The molecule has 1 heterocycles. The maximum absolute atomic E-state index is 12.0. The lowest BCUT2D eigenvalue weighted by molar-refractivity contribution is -0.00834. The van der Waals surface area contributed by atoms with Crippen LogP contribution in [0.2, 0.25) is 0 Å². The number of guanidine groups is 1. The number of amides is 1. The number of aliphatic imine (C=N–C) groups is 1. The summed E-state index contributed by atoms with van der Waals surface area (Å²) in [5.74, 6) is 0.726. The second-order valence-electron chi connectivity index (χ2n) is 8.17. The van der Waals surface area contributed by atoms with Gasteiger partial charge in [-0.05, 0) is 34.6 Å². The fourth-order valence-electron chi connectivity index (χ4n) is 2.57. The molecule has 2 N–H and O–H groups in total. The zero-order valence-electron chi connectivity index (χ0n) is 17.5. The Balaban J connectivity index is 2.35. The van der Waals surface area contributed by atoms with Crippen molar-refractivity contribution in [2.75, 3.05) is 60.0 Å². The zero-order chi connectivity index (χ0) is 19.8. The van der Waals surface area contributed by atoms with Crippen molar-refractivity contribution in [3.8, 4) is 0 Å². The molecule has 0 bridgehead atoms. The van der Waals surface area contributed by atoms with Gasteiger partial charge in [0.05, 0.1) is 13.2 Å². The highest BCUT2D eigenvalue weighted by molar-refractivity contribution is 5.79. The monoisotopic (exact) mass is 371 g/mol. The molecule has 1 rings (SSSR count). The lowest BCUT2D eigenvalue weighted by atomic mass is 10.0. The van der Waals surface area contributed by atoms with E-state index >= 15 is 0 Å². The van der Waals surface area contributed by atoms with Crippen molar-refractivity contribution < 1.29 is 14.3 Å². The second kappa shape index (κ2) is 9.97. The van der Waals surface area contributed by atoms with Crippen molar-refractivity contribution in [3.05, 3.63) is 0 Å². The summed E-state index contributed by atoms with van der Waals surface area (Å²) in [4.78, 5) is 20.2. The maximum atomic E-state index is 12.0. The van der Waals surface area contributed by atoms with Gasteiger partial charge in [-0.25, -0.2) is 4.79 Å². The fourth-order valence-corrected chi connectivity index (χ4v) is 2.57. The quantitative estimate of drug-likeness (QED) is 0.538. The molecule has 0 aromatic carbocycles. The third kappa shape index (κ3) is 8.23. The number of hydrogen-bond donors (Lipinski definition) is 2. The minimum atomic E-state index is -0.485. The molecule has 0 spiro atoms. The Bertz CT molecular complexity index is 468. The lowest BCUT2D eigenvalue weighted by Gasteiger charge is -2.41. The Hall–Kier alpha value is -1.54. The van der Waals surface area contributed by atoms with Crippen LogP contribution in [0.15, 0.2) is 4.99 Å². The third-order valence-electron chi connectivity index (χ3n) is 4.22. The zero-order valence-corrected chi connectivity index (χ0v) is 17.5. The first kappa shape index (κ1) is 22.5. The second-order valence-corrected chi connectivity index (χ2v) is 8.17. The Morgan fingerprint density at radius 2 is 1.81 bits per heavy atom. The highest BCUT2D eigenvalue weighted by atomic mass is 16.6. The van der Waals surface area contributed by atoms with E-state index in [0.717, 1.165) is 38.8 Å². The smallest absolute Gasteiger partial charge is 0.410 e. The van der Waals surface area contributed by atoms with Crippen LogP contribution in [0.25, 0.3) is 0 Å². The van der Waals surface area contributed by atoms with Gasteiger partial charge in [-0.2, -0.15) is 0 Å². The molecule has 26 heavy (non-hydrogen) atoms. The molecular formula is C18H37N5O3. The van der Waals surface area contributed by atoms with Gasteiger partial charge in [0.2, 0.25) is 0 Å². The van der Waals surface area contributed by atoms with Crippen LogP contribution in [0.1, 0.15) is 34.6 Å². The van der Waals surface area contributed by atoms with E-state index < -0.39 is 5.60 Å². The molecule has 0 atom stereocenters. The van der Waals surface area contributed by atoms with Crippen LogP contribution in [0.5, 0.6) is 0 Å². The average Bonchev–Trinajstić information content (AvgIpc) is 2.57. The van der Waals surface area contributed by atoms with Crippen molar-refractivity contribution in [3.63, 3.8) is 0 Å². The van der Waals surface area contributed by atoms with Gasteiger partial charge in [0, 0.05) is 52.4 Å². The maximum Gasteiger partial charge on any atom is 0.410 e. The molecule has 0 saturated carbocycles. The molecular weight excluding hydrogens is 334 g/mol. The minimum absolute atomic E-state index is 0.00864. The highest BCUT2D eigenvalue weighted by Gasteiger charge is 2.28. The molecule has 8 heteroatoms. The van der Waals surface area contributed by atoms with Gasteiger partial charge < -0.3 is 25.0 Å². The Morgan fingerprint density at radius 1 is 1.19 bits per heavy atom. The van der Waals surface area contributed by atoms with Gasteiger partial charge in [0.25, 0.3) is 0 Å². The van der Waals surface area contributed by atoms with E-state index in [2.05, 4.69) is 34.4 Å². The lowest BCUT2D eigenvalue weighted by Crippen LogP contribution is -2.56. The largest absolute Gasteiger partial charge is 0.444 e. The number of carbonyl (C=O) groups is 1. The van der Waals surface area contributed by atoms with Crippen molar-refractivity contribution >= 4 is 12.1 Å². The summed E-state index contributed by atoms with van der Waals surface area (Å²) in [6.45, 7) is 15.4. The summed E-state index contributed by atoms with van der Waals surface area (Å²) in [5, 5.41) is 6.61. The molecule has 1 fully saturated rings. The van der Waals surface area contributed by atoms with Crippen molar-refractivity contribution in [2.24, 2.45) is 4.99 Å². The summed E-state index contributed by atoms with van der Waals surface area (Å²) in [6, 6.07) is 0. The predicted molar refractivity (Wildman–Crippen MR) is 105 cm³/mol. The van der Waals surface area contributed by atoms with Crippen LogP contribution in [0.3, 0.4) is 0 Å². The highest BCUT2D eigenvalue weighted by Crippen LogP contribution is 2.15. The van der Waals surface area contributed by atoms with Gasteiger partial charge in [-0.1, -0.05) is 0 Å². The van der Waals surface area contributed by atoms with Gasteiger partial charge in [-0.15, -0.1) is 0 Å². The van der Waals surface area contributed by atoms with Crippen molar-refractivity contribution in [1.29, 1.82) is 0 Å². The number of rotatable bonds is 6. The molecule has 0 radical (unpaired) electrons. The molecule has 1 saturated heterocycles. The third-order valence-corrected chi connectivity index (χ3v) is 4.22. The number of nitrogens with zero attached hydrogens (tertiary/aromatic N) is 3. The fraction of sp³-hybridized carbons (Fsp3) is 0.889. The van der Waals surface area contributed by atoms with E-state index in [1.807, 2.05) is 20.8 Å². The van der Waals surface area contributed by atoms with Crippen molar-refractivity contribution in [2.45, 2.75) is 45.8 Å². The Morgan fingerprint density at radius 3 is 2.35 bits per heavy atom.